The van der Waals surface area contributed by atoms with E-state index >= 15 is 0 Å². The van der Waals surface area contributed by atoms with Gasteiger partial charge < -0.3 is 10.5 Å². The first kappa shape index (κ1) is 11.1. The monoisotopic (exact) mass is 193 g/mol. The lowest BCUT2D eigenvalue weighted by atomic mass is 10.1. The number of hydrogen-bond donors (Lipinski definition) is 1. The van der Waals surface area contributed by atoms with E-state index in [4.69, 9.17) is 10.5 Å². The molecule has 0 amide bonds. The van der Waals surface area contributed by atoms with Crippen molar-refractivity contribution in [2.45, 2.75) is 26.9 Å². The average Bonchev–Trinajstić information content (AvgIpc) is 2.15. The van der Waals surface area contributed by atoms with E-state index in [2.05, 4.69) is 13.8 Å². The van der Waals surface area contributed by atoms with Gasteiger partial charge in [0, 0.05) is 12.3 Å². The van der Waals surface area contributed by atoms with Gasteiger partial charge >= 0.3 is 0 Å². The van der Waals surface area contributed by atoms with Gasteiger partial charge in [-0.15, -0.1) is 0 Å². The van der Waals surface area contributed by atoms with Crippen molar-refractivity contribution in [3.05, 3.63) is 29.8 Å². The molecular formula is C12H19NO. The molecule has 0 bridgehead atoms. The summed E-state index contributed by atoms with van der Waals surface area (Å²) in [5, 5.41) is 0. The van der Waals surface area contributed by atoms with Crippen LogP contribution in [0.3, 0.4) is 0 Å². The third kappa shape index (κ3) is 4.28. The van der Waals surface area contributed by atoms with Crippen molar-refractivity contribution in [3.63, 3.8) is 0 Å². The minimum Gasteiger partial charge on any atom is -0.399 e. The molecule has 2 heteroatoms. The van der Waals surface area contributed by atoms with Gasteiger partial charge in [0.2, 0.25) is 0 Å². The Balaban J connectivity index is 2.21. The molecule has 0 fully saturated rings. The van der Waals surface area contributed by atoms with Crippen molar-refractivity contribution in [2.24, 2.45) is 5.92 Å². The summed E-state index contributed by atoms with van der Waals surface area (Å²) in [6.45, 7) is 5.92. The Labute approximate surface area is 86.1 Å². The van der Waals surface area contributed by atoms with Crippen LogP contribution in [0.1, 0.15) is 25.8 Å². The molecule has 0 saturated carbocycles. The van der Waals surface area contributed by atoms with Gasteiger partial charge in [-0.3, -0.25) is 0 Å². The minimum absolute atomic E-state index is 0.687. The van der Waals surface area contributed by atoms with Crippen LogP contribution in [-0.2, 0) is 11.3 Å². The molecular weight excluding hydrogens is 174 g/mol. The number of nitrogen functional groups attached to an aromatic ring is 1. The van der Waals surface area contributed by atoms with Gasteiger partial charge in [-0.25, -0.2) is 0 Å². The molecule has 78 valence electrons. The van der Waals surface area contributed by atoms with Crippen molar-refractivity contribution >= 4 is 5.69 Å². The first-order chi connectivity index (χ1) is 6.68. The lowest BCUT2D eigenvalue weighted by Gasteiger charge is -2.06. The lowest BCUT2D eigenvalue weighted by Crippen LogP contribution is -1.99. The quantitative estimate of drug-likeness (QED) is 0.576. The molecule has 2 nitrogen and oxygen atoms in total. The largest absolute Gasteiger partial charge is 0.399 e. The molecule has 0 unspecified atom stereocenters. The molecule has 0 spiro atoms. The molecule has 0 aliphatic heterocycles. The molecule has 14 heavy (non-hydrogen) atoms. The average molecular weight is 193 g/mol. The Morgan fingerprint density at radius 1 is 1.21 bits per heavy atom. The zero-order valence-electron chi connectivity index (χ0n) is 8.99. The molecule has 1 aromatic rings. The molecule has 0 heterocycles. The molecule has 0 aliphatic carbocycles. The molecule has 1 aromatic carbocycles. The molecule has 2 N–H and O–H groups in total. The third-order valence-electron chi connectivity index (χ3n) is 2.09. The Morgan fingerprint density at radius 3 is 2.43 bits per heavy atom. The van der Waals surface area contributed by atoms with Gasteiger partial charge in [0.1, 0.15) is 0 Å². The SMILES string of the molecule is CC(C)CCOCc1ccc(N)cc1. The summed E-state index contributed by atoms with van der Waals surface area (Å²) in [5.41, 5.74) is 7.57. The van der Waals surface area contributed by atoms with Crippen LogP contribution in [0.5, 0.6) is 0 Å². The van der Waals surface area contributed by atoms with E-state index in [9.17, 15) is 0 Å². The maximum Gasteiger partial charge on any atom is 0.0716 e. The second-order valence-electron chi connectivity index (χ2n) is 3.98. The smallest absolute Gasteiger partial charge is 0.0716 e. The van der Waals surface area contributed by atoms with Gasteiger partial charge in [0.25, 0.3) is 0 Å². The van der Waals surface area contributed by atoms with Crippen LogP contribution < -0.4 is 5.73 Å². The first-order valence-corrected chi connectivity index (χ1v) is 5.10. The summed E-state index contributed by atoms with van der Waals surface area (Å²) in [7, 11) is 0. The van der Waals surface area contributed by atoms with Crippen molar-refractivity contribution in [3.8, 4) is 0 Å². The highest BCUT2D eigenvalue weighted by Gasteiger charge is 1.95. The fourth-order valence-electron chi connectivity index (χ4n) is 1.12. The zero-order valence-corrected chi connectivity index (χ0v) is 8.99. The number of hydrogen-bond acceptors (Lipinski definition) is 2. The second-order valence-corrected chi connectivity index (χ2v) is 3.98. The lowest BCUT2D eigenvalue weighted by molar-refractivity contribution is 0.110. The number of anilines is 1. The number of nitrogens with two attached hydrogens (primary N) is 1. The van der Waals surface area contributed by atoms with Crippen LogP contribution in [0.4, 0.5) is 5.69 Å². The zero-order chi connectivity index (χ0) is 10.4. The molecule has 0 radical (unpaired) electrons. The highest BCUT2D eigenvalue weighted by molar-refractivity contribution is 5.39. The van der Waals surface area contributed by atoms with Crippen LogP contribution in [-0.4, -0.2) is 6.61 Å². The predicted molar refractivity (Wildman–Crippen MR) is 60.0 cm³/mol. The van der Waals surface area contributed by atoms with E-state index in [-0.39, 0.29) is 0 Å². The summed E-state index contributed by atoms with van der Waals surface area (Å²) in [6, 6.07) is 7.82. The predicted octanol–water partition coefficient (Wildman–Crippen LogP) is 2.83. The van der Waals surface area contributed by atoms with E-state index in [0.717, 1.165) is 18.7 Å². The highest BCUT2D eigenvalue weighted by atomic mass is 16.5. The van der Waals surface area contributed by atoms with Crippen molar-refractivity contribution < 1.29 is 4.74 Å². The second kappa shape index (κ2) is 5.66. The van der Waals surface area contributed by atoms with Gasteiger partial charge in [-0.1, -0.05) is 26.0 Å². The Bertz CT molecular complexity index is 254. The Morgan fingerprint density at radius 2 is 1.86 bits per heavy atom. The van der Waals surface area contributed by atoms with Crippen molar-refractivity contribution in [1.82, 2.24) is 0 Å². The summed E-state index contributed by atoms with van der Waals surface area (Å²) in [6.07, 6.45) is 1.12. The van der Waals surface area contributed by atoms with Crippen LogP contribution in [0.2, 0.25) is 0 Å². The Hall–Kier alpha value is -1.02. The van der Waals surface area contributed by atoms with Crippen LogP contribution in [0.15, 0.2) is 24.3 Å². The summed E-state index contributed by atoms with van der Waals surface area (Å²) in [5.74, 6) is 0.710. The number of rotatable bonds is 5. The van der Waals surface area contributed by atoms with E-state index in [1.807, 2.05) is 24.3 Å². The van der Waals surface area contributed by atoms with E-state index in [1.165, 1.54) is 5.56 Å². The molecule has 1 rings (SSSR count). The van der Waals surface area contributed by atoms with Gasteiger partial charge in [0.15, 0.2) is 0 Å². The topological polar surface area (TPSA) is 35.2 Å². The maximum atomic E-state index is 5.58. The van der Waals surface area contributed by atoms with Crippen LogP contribution in [0, 0.1) is 5.92 Å². The number of ether oxygens (including phenoxy) is 1. The van der Waals surface area contributed by atoms with Gasteiger partial charge in [0.05, 0.1) is 6.61 Å². The summed E-state index contributed by atoms with van der Waals surface area (Å²) >= 11 is 0. The fourth-order valence-corrected chi connectivity index (χ4v) is 1.12. The normalized spacial score (nSPS) is 10.8. The highest BCUT2D eigenvalue weighted by Crippen LogP contribution is 2.07. The van der Waals surface area contributed by atoms with Crippen LogP contribution >= 0.6 is 0 Å². The van der Waals surface area contributed by atoms with Gasteiger partial charge in [-0.05, 0) is 30.0 Å². The first-order valence-electron chi connectivity index (χ1n) is 5.10. The molecule has 0 aromatic heterocycles. The fraction of sp³-hybridized carbons (Fsp3) is 0.500. The minimum atomic E-state index is 0.687. The van der Waals surface area contributed by atoms with Crippen molar-refractivity contribution in [1.29, 1.82) is 0 Å². The molecule has 0 atom stereocenters. The maximum absolute atomic E-state index is 5.58. The van der Waals surface area contributed by atoms with E-state index in [0.29, 0.717) is 12.5 Å². The van der Waals surface area contributed by atoms with Crippen molar-refractivity contribution in [2.75, 3.05) is 12.3 Å². The number of benzene rings is 1. The molecule has 0 aliphatic rings. The molecule has 0 saturated heterocycles. The van der Waals surface area contributed by atoms with E-state index in [1.54, 1.807) is 0 Å². The summed E-state index contributed by atoms with van der Waals surface area (Å²) in [4.78, 5) is 0. The Kier molecular flexibility index (Phi) is 4.47. The van der Waals surface area contributed by atoms with Crippen LogP contribution in [0.25, 0.3) is 0 Å². The van der Waals surface area contributed by atoms with Gasteiger partial charge in [-0.2, -0.15) is 0 Å². The summed E-state index contributed by atoms with van der Waals surface area (Å²) < 4.78 is 5.53. The van der Waals surface area contributed by atoms with E-state index < -0.39 is 0 Å². The third-order valence-corrected chi connectivity index (χ3v) is 2.09. The standard InChI is InChI=1S/C12H19NO/c1-10(2)7-8-14-9-11-3-5-12(13)6-4-11/h3-6,10H,7-9,13H2,1-2H3.